The van der Waals surface area contributed by atoms with Gasteiger partial charge in [-0.1, -0.05) is 19.1 Å². The molecule has 1 amide bonds. The molecule has 0 aromatic carbocycles. The van der Waals surface area contributed by atoms with E-state index in [-0.39, 0.29) is 12.0 Å². The van der Waals surface area contributed by atoms with Gasteiger partial charge in [-0.15, -0.1) is 0 Å². The van der Waals surface area contributed by atoms with Crippen LogP contribution in [0, 0.1) is 17.8 Å². The summed E-state index contributed by atoms with van der Waals surface area (Å²) in [4.78, 5) is 25.7. The Hall–Kier alpha value is -1.36. The summed E-state index contributed by atoms with van der Waals surface area (Å²) in [5, 5.41) is 9.31. The number of carboxylic acid groups (broad SMARTS) is 1. The van der Waals surface area contributed by atoms with Crippen LogP contribution in [-0.2, 0) is 14.3 Å². The third kappa shape index (κ3) is 2.06. The van der Waals surface area contributed by atoms with Gasteiger partial charge >= 0.3 is 5.97 Å². The van der Waals surface area contributed by atoms with Gasteiger partial charge in [0.05, 0.1) is 18.1 Å². The fourth-order valence-corrected chi connectivity index (χ4v) is 3.34. The lowest BCUT2D eigenvalue weighted by Gasteiger charge is -2.34. The highest BCUT2D eigenvalue weighted by Gasteiger charge is 2.54. The number of rotatable bonds is 2. The number of ether oxygens (including phenoxy) is 1. The van der Waals surface area contributed by atoms with Crippen molar-refractivity contribution in [3.63, 3.8) is 0 Å². The van der Waals surface area contributed by atoms with E-state index < -0.39 is 23.9 Å². The molecule has 0 unspecified atom stereocenters. The summed E-state index contributed by atoms with van der Waals surface area (Å²) >= 11 is 0. The normalized spacial score (nSPS) is 37.8. The maximum Gasteiger partial charge on any atom is 0.310 e. The number of fused-ring (bicyclic) bond motifs is 2. The summed E-state index contributed by atoms with van der Waals surface area (Å²) in [6.45, 7) is 3.67. The minimum absolute atomic E-state index is 0.0452. The number of hydrogen-bond donors (Lipinski definition) is 1. The molecule has 3 aliphatic rings. The van der Waals surface area contributed by atoms with Gasteiger partial charge in [-0.2, -0.15) is 0 Å². The average Bonchev–Trinajstić information content (AvgIpc) is 2.98. The van der Waals surface area contributed by atoms with Gasteiger partial charge in [0.15, 0.2) is 0 Å². The van der Waals surface area contributed by atoms with Gasteiger partial charge in [-0.25, -0.2) is 0 Å². The van der Waals surface area contributed by atoms with Crippen molar-refractivity contribution < 1.29 is 19.4 Å². The van der Waals surface area contributed by atoms with E-state index in [2.05, 4.69) is 6.92 Å². The monoisotopic (exact) mass is 265 g/mol. The molecule has 19 heavy (non-hydrogen) atoms. The standard InChI is InChI=1S/C14H19NO4/c1-8-4-6-15(7-5-8)13(16)11-9-2-3-10(19-9)12(11)14(17)18/h2-3,8-12H,4-7H2,1H3,(H,17,18)/t9-,10-,11+,12-/m1/s1. The number of aliphatic carboxylic acids is 1. The molecule has 4 atom stereocenters. The fraction of sp³-hybridized carbons (Fsp3) is 0.714. The molecule has 2 fully saturated rings. The zero-order valence-corrected chi connectivity index (χ0v) is 11.0. The van der Waals surface area contributed by atoms with Crippen molar-refractivity contribution in [3.8, 4) is 0 Å². The quantitative estimate of drug-likeness (QED) is 0.753. The average molecular weight is 265 g/mol. The Morgan fingerprint density at radius 2 is 1.74 bits per heavy atom. The van der Waals surface area contributed by atoms with Crippen LogP contribution in [0.3, 0.4) is 0 Å². The number of amides is 1. The number of carboxylic acids is 1. The molecule has 5 nitrogen and oxygen atoms in total. The van der Waals surface area contributed by atoms with Gasteiger partial charge in [0, 0.05) is 13.1 Å². The zero-order chi connectivity index (χ0) is 13.6. The van der Waals surface area contributed by atoms with Gasteiger partial charge in [0.2, 0.25) is 5.91 Å². The van der Waals surface area contributed by atoms with Crippen LogP contribution in [0.15, 0.2) is 12.2 Å². The molecule has 104 valence electrons. The van der Waals surface area contributed by atoms with Crippen LogP contribution in [-0.4, -0.2) is 47.2 Å². The molecule has 3 heterocycles. The van der Waals surface area contributed by atoms with Gasteiger partial charge < -0.3 is 14.7 Å². The molecule has 0 spiro atoms. The number of nitrogens with zero attached hydrogens (tertiary/aromatic N) is 1. The third-order valence-electron chi connectivity index (χ3n) is 4.57. The summed E-state index contributed by atoms with van der Waals surface area (Å²) < 4.78 is 5.55. The molecule has 3 aliphatic heterocycles. The first-order valence-corrected chi connectivity index (χ1v) is 6.93. The van der Waals surface area contributed by atoms with Gasteiger partial charge in [0.25, 0.3) is 0 Å². The van der Waals surface area contributed by atoms with Crippen LogP contribution >= 0.6 is 0 Å². The number of piperidine rings is 1. The Bertz CT molecular complexity index is 425. The zero-order valence-electron chi connectivity index (χ0n) is 11.0. The van der Waals surface area contributed by atoms with Crippen molar-refractivity contribution >= 4 is 11.9 Å². The molecule has 0 radical (unpaired) electrons. The molecule has 2 saturated heterocycles. The molecule has 0 aliphatic carbocycles. The minimum atomic E-state index is -0.930. The lowest BCUT2D eigenvalue weighted by Crippen LogP contribution is -2.47. The number of carbonyl (C=O) groups excluding carboxylic acids is 1. The second-order valence-corrected chi connectivity index (χ2v) is 5.85. The van der Waals surface area contributed by atoms with E-state index in [0.717, 1.165) is 25.9 Å². The van der Waals surface area contributed by atoms with Crippen molar-refractivity contribution in [2.45, 2.75) is 32.0 Å². The molecule has 0 aromatic heterocycles. The summed E-state index contributed by atoms with van der Waals surface area (Å²) in [5.41, 5.74) is 0. The van der Waals surface area contributed by atoms with E-state index in [4.69, 9.17) is 4.74 Å². The highest BCUT2D eigenvalue weighted by atomic mass is 16.5. The van der Waals surface area contributed by atoms with E-state index in [1.165, 1.54) is 0 Å². The summed E-state index contributed by atoms with van der Waals surface area (Å²) in [6.07, 6.45) is 4.82. The highest BCUT2D eigenvalue weighted by molar-refractivity contribution is 5.87. The first kappa shape index (κ1) is 12.7. The summed E-state index contributed by atoms with van der Waals surface area (Å²) in [5.74, 6) is -1.59. The van der Waals surface area contributed by atoms with Crippen molar-refractivity contribution in [3.05, 3.63) is 12.2 Å². The Labute approximate surface area is 112 Å². The van der Waals surface area contributed by atoms with Crippen LogP contribution in [0.5, 0.6) is 0 Å². The van der Waals surface area contributed by atoms with Gasteiger partial charge in [-0.05, 0) is 18.8 Å². The van der Waals surface area contributed by atoms with Crippen molar-refractivity contribution in [1.82, 2.24) is 4.90 Å². The number of hydrogen-bond acceptors (Lipinski definition) is 3. The van der Waals surface area contributed by atoms with E-state index in [9.17, 15) is 14.7 Å². The van der Waals surface area contributed by atoms with E-state index in [1.54, 1.807) is 6.08 Å². The largest absolute Gasteiger partial charge is 0.481 e. The molecular formula is C14H19NO4. The Kier molecular flexibility index (Phi) is 3.09. The lowest BCUT2D eigenvalue weighted by atomic mass is 9.81. The van der Waals surface area contributed by atoms with Crippen molar-refractivity contribution in [1.29, 1.82) is 0 Å². The second-order valence-electron chi connectivity index (χ2n) is 5.85. The van der Waals surface area contributed by atoms with E-state index in [1.807, 2.05) is 11.0 Å². The Balaban J connectivity index is 1.75. The van der Waals surface area contributed by atoms with Crippen LogP contribution in [0.25, 0.3) is 0 Å². The number of carbonyl (C=O) groups is 2. The number of likely N-dealkylation sites (tertiary alicyclic amines) is 1. The summed E-state index contributed by atoms with van der Waals surface area (Å²) in [7, 11) is 0. The molecule has 1 N–H and O–H groups in total. The predicted octanol–water partition coefficient (Wildman–Crippen LogP) is 0.899. The van der Waals surface area contributed by atoms with E-state index >= 15 is 0 Å². The fourth-order valence-electron chi connectivity index (χ4n) is 3.34. The maximum atomic E-state index is 12.6. The highest BCUT2D eigenvalue weighted by Crippen LogP contribution is 2.40. The third-order valence-corrected chi connectivity index (χ3v) is 4.57. The maximum absolute atomic E-state index is 12.6. The second kappa shape index (κ2) is 4.63. The van der Waals surface area contributed by atoms with Gasteiger partial charge in [0.1, 0.15) is 5.92 Å². The molecule has 3 rings (SSSR count). The first-order chi connectivity index (χ1) is 9.08. The molecule has 2 bridgehead atoms. The van der Waals surface area contributed by atoms with Crippen molar-refractivity contribution in [2.24, 2.45) is 17.8 Å². The predicted molar refractivity (Wildman–Crippen MR) is 67.4 cm³/mol. The van der Waals surface area contributed by atoms with E-state index in [0.29, 0.717) is 5.92 Å². The SMILES string of the molecule is CC1CCN(C(=O)[C@@H]2[C@H](C(=O)O)[C@H]3C=C[C@H]2O3)CC1. The minimum Gasteiger partial charge on any atom is -0.481 e. The Morgan fingerprint density at radius 3 is 2.32 bits per heavy atom. The molecular weight excluding hydrogens is 246 g/mol. The summed E-state index contributed by atoms with van der Waals surface area (Å²) in [6, 6.07) is 0. The smallest absolute Gasteiger partial charge is 0.310 e. The van der Waals surface area contributed by atoms with Crippen LogP contribution < -0.4 is 0 Å². The Morgan fingerprint density at radius 1 is 1.16 bits per heavy atom. The molecule has 0 aromatic rings. The topological polar surface area (TPSA) is 66.8 Å². The van der Waals surface area contributed by atoms with Crippen LogP contribution in [0.1, 0.15) is 19.8 Å². The van der Waals surface area contributed by atoms with Crippen molar-refractivity contribution in [2.75, 3.05) is 13.1 Å². The van der Waals surface area contributed by atoms with Crippen LogP contribution in [0.4, 0.5) is 0 Å². The lowest BCUT2D eigenvalue weighted by molar-refractivity contribution is -0.150. The first-order valence-electron chi connectivity index (χ1n) is 6.93. The van der Waals surface area contributed by atoms with Gasteiger partial charge in [-0.3, -0.25) is 9.59 Å². The molecule has 0 saturated carbocycles. The van der Waals surface area contributed by atoms with Crippen LogP contribution in [0.2, 0.25) is 0 Å². The molecule has 5 heteroatoms.